The lowest BCUT2D eigenvalue weighted by Gasteiger charge is -2.39. The lowest BCUT2D eigenvalue weighted by Crippen LogP contribution is -2.68. The number of aromatic nitrogens is 2. The predicted molar refractivity (Wildman–Crippen MR) is 101 cm³/mol. The van der Waals surface area contributed by atoms with Gasteiger partial charge < -0.3 is 5.11 Å². The molecule has 2 rings (SSSR count). The number of benzene rings is 1. The zero-order chi connectivity index (χ0) is 20.6. The second-order valence-electron chi connectivity index (χ2n) is 6.51. The molecule has 0 fully saturated rings. The number of amides is 1. The molecule has 146 valence electrons. The average molecular weight is 384 g/mol. The molecular formula is C20H21FN4O3. The molecule has 28 heavy (non-hydrogen) atoms. The van der Waals surface area contributed by atoms with Gasteiger partial charge in [-0.25, -0.2) is 9.87 Å². The number of hydrogen-bond acceptors (Lipinski definition) is 5. The maximum Gasteiger partial charge on any atom is 0.266 e. The highest BCUT2D eigenvalue weighted by atomic mass is 19.1. The van der Waals surface area contributed by atoms with E-state index in [0.717, 1.165) is 16.7 Å². The number of hydroxylamine groups is 1. The van der Waals surface area contributed by atoms with Crippen LogP contribution in [-0.4, -0.2) is 44.2 Å². The van der Waals surface area contributed by atoms with Crippen LogP contribution >= 0.6 is 0 Å². The summed E-state index contributed by atoms with van der Waals surface area (Å²) >= 11 is 0. The van der Waals surface area contributed by atoms with Gasteiger partial charge in [0.25, 0.3) is 5.91 Å². The molecule has 7 nitrogen and oxygen atoms in total. The molecule has 2 unspecified atom stereocenters. The minimum atomic E-state index is -2.01. The van der Waals surface area contributed by atoms with Gasteiger partial charge in [0.2, 0.25) is 0 Å². The Morgan fingerprint density at radius 1 is 1.21 bits per heavy atom. The van der Waals surface area contributed by atoms with Gasteiger partial charge in [0.1, 0.15) is 17.8 Å². The van der Waals surface area contributed by atoms with Crippen molar-refractivity contribution in [1.82, 2.24) is 21.0 Å². The van der Waals surface area contributed by atoms with E-state index < -0.39 is 23.7 Å². The molecule has 1 aromatic carbocycles. The molecule has 1 amide bonds. The van der Waals surface area contributed by atoms with Crippen LogP contribution in [0.4, 0.5) is 4.39 Å². The maximum absolute atomic E-state index is 13.2. The molecule has 5 N–H and O–H groups in total. The van der Waals surface area contributed by atoms with Crippen LogP contribution in [0.25, 0.3) is 0 Å². The van der Waals surface area contributed by atoms with E-state index in [4.69, 9.17) is 5.21 Å². The van der Waals surface area contributed by atoms with E-state index in [2.05, 4.69) is 39.2 Å². The smallest absolute Gasteiger partial charge is 0.266 e. The Kier molecular flexibility index (Phi) is 6.91. The van der Waals surface area contributed by atoms with Crippen molar-refractivity contribution in [3.63, 3.8) is 0 Å². The highest BCUT2D eigenvalue weighted by Crippen LogP contribution is 2.24. The highest BCUT2D eigenvalue weighted by Gasteiger charge is 2.49. The van der Waals surface area contributed by atoms with E-state index in [1.54, 1.807) is 36.7 Å². The Bertz CT molecular complexity index is 918. The number of carbonyl (C=O) groups is 1. The summed E-state index contributed by atoms with van der Waals surface area (Å²) in [6.45, 7) is 1.49. The van der Waals surface area contributed by atoms with Crippen molar-refractivity contribution >= 4 is 5.91 Å². The number of carbonyl (C=O) groups excluding carboxylic acids is 1. The fourth-order valence-electron chi connectivity index (χ4n) is 2.27. The molecule has 0 radical (unpaired) electrons. The second kappa shape index (κ2) is 9.16. The first-order chi connectivity index (χ1) is 13.3. The summed E-state index contributed by atoms with van der Waals surface area (Å²) in [5.74, 6) is 10.3. The minimum Gasteiger partial charge on any atom is -0.385 e. The summed E-state index contributed by atoms with van der Waals surface area (Å²) < 4.78 is 13.2. The Morgan fingerprint density at radius 3 is 2.39 bits per heavy atom. The third kappa shape index (κ3) is 4.96. The van der Waals surface area contributed by atoms with Crippen LogP contribution in [0.2, 0.25) is 0 Å². The molecule has 0 aliphatic rings. The molecule has 1 aromatic heterocycles. The van der Waals surface area contributed by atoms with Crippen LogP contribution in [0.5, 0.6) is 0 Å². The molecule has 0 aliphatic carbocycles. The Hall–Kier alpha value is -3.17. The Labute approximate surface area is 162 Å². The van der Waals surface area contributed by atoms with Gasteiger partial charge in [0, 0.05) is 18.3 Å². The van der Waals surface area contributed by atoms with Crippen molar-refractivity contribution in [2.45, 2.75) is 31.5 Å². The first-order valence-corrected chi connectivity index (χ1v) is 8.40. The van der Waals surface area contributed by atoms with Crippen molar-refractivity contribution < 1.29 is 19.5 Å². The van der Waals surface area contributed by atoms with Gasteiger partial charge in [-0.2, -0.15) is 5.10 Å². The van der Waals surface area contributed by atoms with Gasteiger partial charge in [0.15, 0.2) is 0 Å². The first kappa shape index (κ1) is 21.1. The minimum absolute atomic E-state index is 0.161. The van der Waals surface area contributed by atoms with E-state index >= 15 is 0 Å². The van der Waals surface area contributed by atoms with Crippen molar-refractivity contribution in [3.8, 4) is 23.7 Å². The van der Waals surface area contributed by atoms with E-state index in [1.807, 2.05) is 0 Å². The predicted octanol–water partition coefficient (Wildman–Crippen LogP) is 0.887. The monoisotopic (exact) mass is 384 g/mol. The van der Waals surface area contributed by atoms with Crippen LogP contribution < -0.4 is 10.8 Å². The zero-order valence-electron chi connectivity index (χ0n) is 15.5. The molecule has 0 saturated carbocycles. The molecule has 1 heterocycles. The summed E-state index contributed by atoms with van der Waals surface area (Å²) in [5.41, 5.74) is -0.0168. The number of nitrogens with zero attached hydrogens (tertiary/aromatic N) is 1. The van der Waals surface area contributed by atoms with Crippen molar-refractivity contribution in [2.75, 3.05) is 6.67 Å². The second-order valence-corrected chi connectivity index (χ2v) is 6.51. The SMILES string of the molecule is CC(O)(CF)C(C)(NCc1ccc(C#CC#Cc2cn[nH]c2)cc1)C(=O)NO. The van der Waals surface area contributed by atoms with E-state index in [1.165, 1.54) is 19.3 Å². The van der Waals surface area contributed by atoms with Crippen molar-refractivity contribution in [1.29, 1.82) is 0 Å². The fourth-order valence-corrected chi connectivity index (χ4v) is 2.27. The lowest BCUT2D eigenvalue weighted by atomic mass is 9.82. The summed E-state index contributed by atoms with van der Waals surface area (Å²) in [6, 6.07) is 7.12. The molecule has 0 aliphatic heterocycles. The third-order valence-electron chi connectivity index (χ3n) is 4.47. The van der Waals surface area contributed by atoms with Gasteiger partial charge in [-0.1, -0.05) is 18.1 Å². The molecule has 2 atom stereocenters. The van der Waals surface area contributed by atoms with Crippen LogP contribution in [-0.2, 0) is 11.3 Å². The van der Waals surface area contributed by atoms with Crippen LogP contribution in [0, 0.1) is 23.7 Å². The number of H-pyrrole nitrogens is 1. The number of nitrogens with one attached hydrogen (secondary N) is 3. The summed E-state index contributed by atoms with van der Waals surface area (Å²) in [5, 5.41) is 28.4. The Balaban J connectivity index is 2.04. The fraction of sp³-hybridized carbons (Fsp3) is 0.300. The number of aliphatic hydroxyl groups is 1. The van der Waals surface area contributed by atoms with Crippen LogP contribution in [0.15, 0.2) is 36.7 Å². The number of halogens is 1. The van der Waals surface area contributed by atoms with Gasteiger partial charge in [-0.3, -0.25) is 20.4 Å². The zero-order valence-corrected chi connectivity index (χ0v) is 15.5. The summed E-state index contributed by atoms with van der Waals surface area (Å²) in [4.78, 5) is 12.0. The topological polar surface area (TPSA) is 110 Å². The van der Waals surface area contributed by atoms with Gasteiger partial charge in [-0.05, 0) is 49.3 Å². The number of aromatic amines is 1. The largest absolute Gasteiger partial charge is 0.385 e. The number of alkyl halides is 1. The highest BCUT2D eigenvalue weighted by molar-refractivity contribution is 5.86. The average Bonchev–Trinajstić information content (AvgIpc) is 3.23. The molecule has 0 saturated heterocycles. The van der Waals surface area contributed by atoms with E-state index in [9.17, 15) is 14.3 Å². The molecule has 8 heteroatoms. The van der Waals surface area contributed by atoms with Crippen molar-refractivity contribution in [3.05, 3.63) is 53.3 Å². The maximum atomic E-state index is 13.2. The van der Waals surface area contributed by atoms with Crippen molar-refractivity contribution in [2.24, 2.45) is 0 Å². The summed E-state index contributed by atoms with van der Waals surface area (Å²) in [7, 11) is 0. The van der Waals surface area contributed by atoms with Gasteiger partial charge in [0.05, 0.1) is 11.8 Å². The van der Waals surface area contributed by atoms with Crippen LogP contribution in [0.3, 0.4) is 0 Å². The molecule has 0 bridgehead atoms. The van der Waals surface area contributed by atoms with Gasteiger partial charge >= 0.3 is 0 Å². The number of rotatable bonds is 6. The van der Waals surface area contributed by atoms with E-state index in [-0.39, 0.29) is 6.54 Å². The Morgan fingerprint density at radius 2 is 1.86 bits per heavy atom. The van der Waals surface area contributed by atoms with Crippen LogP contribution in [0.1, 0.15) is 30.5 Å². The summed E-state index contributed by atoms with van der Waals surface area (Å²) in [6.07, 6.45) is 3.27. The van der Waals surface area contributed by atoms with Gasteiger partial charge in [-0.15, -0.1) is 0 Å². The third-order valence-corrected chi connectivity index (χ3v) is 4.47. The lowest BCUT2D eigenvalue weighted by molar-refractivity contribution is -0.148. The standard InChI is InChI=1S/C20H21FN4O3/c1-19(27,14-21)20(2,18(26)25-28)22-11-16-9-7-15(8-10-16)5-3-4-6-17-12-23-24-13-17/h7-10,12-13,22,27-28H,11,14H2,1-2H3,(H,23,24)(H,25,26). The quantitative estimate of drug-likeness (QED) is 0.289. The van der Waals surface area contributed by atoms with E-state index in [0.29, 0.717) is 0 Å². The number of hydrogen-bond donors (Lipinski definition) is 5. The molecule has 0 spiro atoms. The first-order valence-electron chi connectivity index (χ1n) is 8.40. The molecular weight excluding hydrogens is 363 g/mol. The molecule has 2 aromatic rings. The normalized spacial score (nSPS) is 14.5.